The Morgan fingerprint density at radius 2 is 1.71 bits per heavy atom. The van der Waals surface area contributed by atoms with Crippen LogP contribution in [0.4, 0.5) is 0 Å². The molecular weight excluding hydrogens is 264 g/mol. The summed E-state index contributed by atoms with van der Waals surface area (Å²) < 4.78 is 5.32. The fourth-order valence-electron chi connectivity index (χ4n) is 3.27. The summed E-state index contributed by atoms with van der Waals surface area (Å²) in [5, 5.41) is 9.53. The van der Waals surface area contributed by atoms with Gasteiger partial charge in [0.25, 0.3) is 0 Å². The van der Waals surface area contributed by atoms with Crippen molar-refractivity contribution < 1.29 is 9.53 Å². The predicted molar refractivity (Wildman–Crippen MR) is 78.5 cm³/mol. The Balaban J connectivity index is 1.76. The number of carbonyl (C=O) groups is 1. The van der Waals surface area contributed by atoms with Crippen molar-refractivity contribution in [2.75, 3.05) is 26.3 Å². The molecule has 0 aliphatic carbocycles. The maximum atomic E-state index is 12.9. The smallest absolute Gasteiger partial charge is 0.243 e. The molecule has 0 radical (unpaired) electrons. The van der Waals surface area contributed by atoms with Gasteiger partial charge in [-0.2, -0.15) is 5.26 Å². The van der Waals surface area contributed by atoms with Gasteiger partial charge >= 0.3 is 0 Å². The van der Waals surface area contributed by atoms with E-state index in [2.05, 4.69) is 18.2 Å². The number of nitrogens with zero attached hydrogens (tertiary/aromatic N) is 2. The number of carbonyl (C=O) groups excluding carboxylic acids is 1. The molecule has 4 nitrogen and oxygen atoms in total. The zero-order chi connectivity index (χ0) is 14.7. The third kappa shape index (κ3) is 2.66. The van der Waals surface area contributed by atoms with Crippen molar-refractivity contribution in [3.8, 4) is 6.07 Å². The molecule has 21 heavy (non-hydrogen) atoms. The molecular formula is C17H20N2O2. The fourth-order valence-corrected chi connectivity index (χ4v) is 3.27. The summed E-state index contributed by atoms with van der Waals surface area (Å²) in [6, 6.07) is 10.7. The Kier molecular flexibility index (Phi) is 3.94. The second-order valence-electron chi connectivity index (χ2n) is 5.87. The Labute approximate surface area is 125 Å². The summed E-state index contributed by atoms with van der Waals surface area (Å²) in [6.07, 6.45) is 2.79. The van der Waals surface area contributed by atoms with Crippen LogP contribution in [0.5, 0.6) is 0 Å². The number of rotatable bonds is 1. The topological polar surface area (TPSA) is 53.3 Å². The van der Waals surface area contributed by atoms with Gasteiger partial charge in [0, 0.05) is 26.3 Å². The van der Waals surface area contributed by atoms with Gasteiger partial charge in [-0.1, -0.05) is 24.3 Å². The van der Waals surface area contributed by atoms with E-state index in [1.54, 1.807) is 0 Å². The first-order valence-electron chi connectivity index (χ1n) is 7.60. The maximum Gasteiger partial charge on any atom is 0.243 e. The van der Waals surface area contributed by atoms with Crippen molar-refractivity contribution in [2.45, 2.75) is 25.7 Å². The molecule has 2 aliphatic heterocycles. The van der Waals surface area contributed by atoms with Crippen molar-refractivity contribution >= 4 is 5.91 Å². The molecule has 1 amide bonds. The van der Waals surface area contributed by atoms with Gasteiger partial charge in [0.1, 0.15) is 5.41 Å². The Morgan fingerprint density at radius 3 is 2.24 bits per heavy atom. The normalized spacial score (nSPS) is 21.0. The number of amides is 1. The molecule has 3 rings (SSSR count). The van der Waals surface area contributed by atoms with Crippen molar-refractivity contribution in [2.24, 2.45) is 5.41 Å². The summed E-state index contributed by atoms with van der Waals surface area (Å²) in [5.41, 5.74) is 1.78. The molecule has 0 saturated carbocycles. The average molecular weight is 284 g/mol. The summed E-state index contributed by atoms with van der Waals surface area (Å²) in [7, 11) is 0. The van der Waals surface area contributed by atoms with Crippen LogP contribution in [0.2, 0.25) is 0 Å². The highest BCUT2D eigenvalue weighted by Crippen LogP contribution is 2.32. The van der Waals surface area contributed by atoms with Gasteiger partial charge in [0.15, 0.2) is 0 Å². The fraction of sp³-hybridized carbons (Fsp3) is 0.529. The number of benzene rings is 1. The monoisotopic (exact) mass is 284 g/mol. The minimum atomic E-state index is -0.866. The van der Waals surface area contributed by atoms with Crippen molar-refractivity contribution in [1.82, 2.24) is 4.90 Å². The first kappa shape index (κ1) is 14.1. The lowest BCUT2D eigenvalue weighted by Crippen LogP contribution is -2.47. The second-order valence-corrected chi connectivity index (χ2v) is 5.87. The van der Waals surface area contributed by atoms with Crippen LogP contribution in [-0.4, -0.2) is 37.1 Å². The van der Waals surface area contributed by atoms with E-state index in [1.807, 2.05) is 17.0 Å². The summed E-state index contributed by atoms with van der Waals surface area (Å²) in [4.78, 5) is 14.7. The molecule has 0 spiro atoms. The lowest BCUT2D eigenvalue weighted by atomic mass is 9.80. The Morgan fingerprint density at radius 1 is 1.14 bits per heavy atom. The van der Waals surface area contributed by atoms with Crippen LogP contribution in [-0.2, 0) is 22.4 Å². The second kappa shape index (κ2) is 5.87. The SMILES string of the molecule is N#CC1(C(=O)N2CCc3ccccc3CC2)CCOCC1. The van der Waals surface area contributed by atoms with E-state index in [0.29, 0.717) is 39.1 Å². The van der Waals surface area contributed by atoms with E-state index in [9.17, 15) is 10.1 Å². The first-order valence-corrected chi connectivity index (χ1v) is 7.60. The highest BCUT2D eigenvalue weighted by atomic mass is 16.5. The minimum absolute atomic E-state index is 0.00102. The molecule has 0 atom stereocenters. The first-order chi connectivity index (χ1) is 10.2. The van der Waals surface area contributed by atoms with Gasteiger partial charge in [0.05, 0.1) is 6.07 Å². The summed E-state index contributed by atoms with van der Waals surface area (Å²) in [5.74, 6) is 0.00102. The molecule has 110 valence electrons. The van der Waals surface area contributed by atoms with E-state index in [0.717, 1.165) is 12.8 Å². The van der Waals surface area contributed by atoms with Gasteiger partial charge < -0.3 is 9.64 Å². The third-order valence-electron chi connectivity index (χ3n) is 4.68. The minimum Gasteiger partial charge on any atom is -0.381 e. The molecule has 1 fully saturated rings. The lowest BCUT2D eigenvalue weighted by Gasteiger charge is -2.34. The Bertz CT molecular complexity index is 543. The maximum absolute atomic E-state index is 12.9. The molecule has 2 aliphatic rings. The number of ether oxygens (including phenoxy) is 1. The summed E-state index contributed by atoms with van der Waals surface area (Å²) in [6.45, 7) is 2.43. The molecule has 0 N–H and O–H groups in total. The van der Waals surface area contributed by atoms with Gasteiger partial charge in [-0.25, -0.2) is 0 Å². The third-order valence-corrected chi connectivity index (χ3v) is 4.68. The number of hydrogen-bond donors (Lipinski definition) is 0. The molecule has 4 heteroatoms. The van der Waals surface area contributed by atoms with Crippen molar-refractivity contribution in [1.29, 1.82) is 5.26 Å². The zero-order valence-corrected chi connectivity index (χ0v) is 12.2. The predicted octanol–water partition coefficient (Wildman–Crippen LogP) is 1.93. The number of hydrogen-bond acceptors (Lipinski definition) is 3. The molecule has 1 saturated heterocycles. The molecule has 1 aromatic rings. The standard InChI is InChI=1S/C17H20N2O2/c18-13-17(7-11-21-12-8-17)16(20)19-9-5-14-3-1-2-4-15(14)6-10-19/h1-4H,5-12H2. The van der Waals surface area contributed by atoms with Crippen LogP contribution in [0.1, 0.15) is 24.0 Å². The quantitative estimate of drug-likeness (QED) is 0.792. The van der Waals surface area contributed by atoms with E-state index in [4.69, 9.17) is 4.74 Å². The highest BCUT2D eigenvalue weighted by Gasteiger charge is 2.43. The number of nitriles is 1. The van der Waals surface area contributed by atoms with Crippen molar-refractivity contribution in [3.63, 3.8) is 0 Å². The molecule has 2 heterocycles. The van der Waals surface area contributed by atoms with Crippen molar-refractivity contribution in [3.05, 3.63) is 35.4 Å². The molecule has 0 bridgehead atoms. The van der Waals surface area contributed by atoms with Gasteiger partial charge in [0.2, 0.25) is 5.91 Å². The van der Waals surface area contributed by atoms with Crippen LogP contribution < -0.4 is 0 Å². The van der Waals surface area contributed by atoms with E-state index in [-0.39, 0.29) is 5.91 Å². The van der Waals surface area contributed by atoms with Crippen LogP contribution in [0, 0.1) is 16.7 Å². The lowest BCUT2D eigenvalue weighted by molar-refractivity contribution is -0.143. The highest BCUT2D eigenvalue weighted by molar-refractivity contribution is 5.85. The van der Waals surface area contributed by atoms with Crippen LogP contribution in [0.25, 0.3) is 0 Å². The van der Waals surface area contributed by atoms with Crippen LogP contribution in [0.15, 0.2) is 24.3 Å². The summed E-state index contributed by atoms with van der Waals surface area (Å²) >= 11 is 0. The average Bonchev–Trinajstić information content (AvgIpc) is 2.77. The molecule has 0 aromatic heterocycles. The van der Waals surface area contributed by atoms with Crippen LogP contribution >= 0.6 is 0 Å². The molecule has 1 aromatic carbocycles. The largest absolute Gasteiger partial charge is 0.381 e. The van der Waals surface area contributed by atoms with E-state index < -0.39 is 5.41 Å². The van der Waals surface area contributed by atoms with E-state index in [1.165, 1.54) is 11.1 Å². The number of fused-ring (bicyclic) bond motifs is 1. The van der Waals surface area contributed by atoms with Gasteiger partial charge in [-0.3, -0.25) is 4.79 Å². The van der Waals surface area contributed by atoms with E-state index >= 15 is 0 Å². The van der Waals surface area contributed by atoms with Gasteiger partial charge in [-0.15, -0.1) is 0 Å². The molecule has 0 unspecified atom stereocenters. The van der Waals surface area contributed by atoms with Crippen LogP contribution in [0.3, 0.4) is 0 Å². The zero-order valence-electron chi connectivity index (χ0n) is 12.2. The Hall–Kier alpha value is -1.86. The van der Waals surface area contributed by atoms with Gasteiger partial charge in [-0.05, 0) is 36.8 Å².